The summed E-state index contributed by atoms with van der Waals surface area (Å²) in [6.07, 6.45) is 2.53. The van der Waals surface area contributed by atoms with Crippen LogP contribution >= 0.6 is 12.4 Å². The molecule has 1 rings (SSSR count). The number of amides is 1. The van der Waals surface area contributed by atoms with Gasteiger partial charge in [0.2, 0.25) is 5.91 Å². The van der Waals surface area contributed by atoms with Gasteiger partial charge in [-0.3, -0.25) is 4.79 Å². The van der Waals surface area contributed by atoms with Gasteiger partial charge in [0.05, 0.1) is 5.92 Å². The zero-order valence-electron chi connectivity index (χ0n) is 12.7. The second-order valence-corrected chi connectivity index (χ2v) is 5.16. The SMILES string of the molecule is CCC(C(=O)NCC(N)(CC)CC)c1ccccc1.Cl. The van der Waals surface area contributed by atoms with Crippen LogP contribution in [0.1, 0.15) is 51.5 Å². The average Bonchev–Trinajstić information content (AvgIpc) is 2.46. The van der Waals surface area contributed by atoms with Crippen LogP contribution in [0.4, 0.5) is 0 Å². The smallest absolute Gasteiger partial charge is 0.227 e. The first-order valence-electron chi connectivity index (χ1n) is 7.17. The number of rotatable bonds is 7. The lowest BCUT2D eigenvalue weighted by Gasteiger charge is -2.28. The van der Waals surface area contributed by atoms with Crippen molar-refractivity contribution in [1.29, 1.82) is 0 Å². The first kappa shape index (κ1) is 18.9. The van der Waals surface area contributed by atoms with Crippen LogP contribution in [-0.4, -0.2) is 18.0 Å². The first-order chi connectivity index (χ1) is 9.06. The highest BCUT2D eigenvalue weighted by atomic mass is 35.5. The van der Waals surface area contributed by atoms with Gasteiger partial charge in [-0.15, -0.1) is 12.4 Å². The maximum absolute atomic E-state index is 12.3. The van der Waals surface area contributed by atoms with E-state index in [-0.39, 0.29) is 29.8 Å². The summed E-state index contributed by atoms with van der Waals surface area (Å²) in [4.78, 5) is 12.3. The lowest BCUT2D eigenvalue weighted by molar-refractivity contribution is -0.122. The zero-order valence-corrected chi connectivity index (χ0v) is 13.5. The molecule has 0 aromatic heterocycles. The molecule has 1 unspecified atom stereocenters. The van der Waals surface area contributed by atoms with Gasteiger partial charge in [-0.05, 0) is 24.8 Å². The van der Waals surface area contributed by atoms with Gasteiger partial charge < -0.3 is 11.1 Å². The van der Waals surface area contributed by atoms with E-state index in [1.165, 1.54) is 0 Å². The Labute approximate surface area is 128 Å². The summed E-state index contributed by atoms with van der Waals surface area (Å²) in [5.41, 5.74) is 6.99. The van der Waals surface area contributed by atoms with Crippen molar-refractivity contribution in [2.24, 2.45) is 5.73 Å². The Hall–Kier alpha value is -1.06. The molecule has 0 aliphatic rings. The van der Waals surface area contributed by atoms with Crippen molar-refractivity contribution >= 4 is 18.3 Å². The van der Waals surface area contributed by atoms with E-state index in [0.717, 1.165) is 24.8 Å². The predicted molar refractivity (Wildman–Crippen MR) is 87.2 cm³/mol. The highest BCUT2D eigenvalue weighted by Crippen LogP contribution is 2.19. The number of halogens is 1. The zero-order chi connectivity index (χ0) is 14.3. The lowest BCUT2D eigenvalue weighted by atomic mass is 9.92. The molecule has 1 atom stereocenters. The molecule has 1 aromatic carbocycles. The van der Waals surface area contributed by atoms with Gasteiger partial charge in [0.15, 0.2) is 0 Å². The van der Waals surface area contributed by atoms with Crippen LogP contribution in [0.3, 0.4) is 0 Å². The quantitative estimate of drug-likeness (QED) is 0.812. The van der Waals surface area contributed by atoms with E-state index >= 15 is 0 Å². The van der Waals surface area contributed by atoms with Crippen molar-refractivity contribution in [1.82, 2.24) is 5.32 Å². The molecule has 0 heterocycles. The fraction of sp³-hybridized carbons (Fsp3) is 0.562. The van der Waals surface area contributed by atoms with Crippen molar-refractivity contribution < 1.29 is 4.79 Å². The Bertz CT molecular complexity index is 391. The van der Waals surface area contributed by atoms with Gasteiger partial charge in [0.1, 0.15) is 0 Å². The molecular formula is C16H27ClN2O. The minimum absolute atomic E-state index is 0. The van der Waals surface area contributed by atoms with E-state index in [0.29, 0.717) is 6.54 Å². The highest BCUT2D eigenvalue weighted by Gasteiger charge is 2.24. The molecule has 1 aromatic rings. The number of nitrogens with one attached hydrogen (secondary N) is 1. The third kappa shape index (κ3) is 5.14. The van der Waals surface area contributed by atoms with E-state index in [1.807, 2.05) is 37.3 Å². The van der Waals surface area contributed by atoms with Crippen molar-refractivity contribution in [2.45, 2.75) is 51.5 Å². The normalized spacial score (nSPS) is 12.4. The summed E-state index contributed by atoms with van der Waals surface area (Å²) in [7, 11) is 0. The number of benzene rings is 1. The summed E-state index contributed by atoms with van der Waals surface area (Å²) in [6.45, 7) is 6.70. The molecular weight excluding hydrogens is 272 g/mol. The molecule has 0 bridgehead atoms. The van der Waals surface area contributed by atoms with Crippen LogP contribution in [0.25, 0.3) is 0 Å². The molecule has 3 nitrogen and oxygen atoms in total. The molecule has 0 saturated heterocycles. The maximum Gasteiger partial charge on any atom is 0.227 e. The topological polar surface area (TPSA) is 55.1 Å². The van der Waals surface area contributed by atoms with Gasteiger partial charge in [0, 0.05) is 12.1 Å². The molecule has 114 valence electrons. The lowest BCUT2D eigenvalue weighted by Crippen LogP contribution is -2.50. The molecule has 0 spiro atoms. The fourth-order valence-corrected chi connectivity index (χ4v) is 2.14. The molecule has 0 aliphatic heterocycles. The Morgan fingerprint density at radius 3 is 2.20 bits per heavy atom. The van der Waals surface area contributed by atoms with Gasteiger partial charge >= 0.3 is 0 Å². The predicted octanol–water partition coefficient (Wildman–Crippen LogP) is 3.24. The second-order valence-electron chi connectivity index (χ2n) is 5.16. The summed E-state index contributed by atoms with van der Waals surface area (Å²) < 4.78 is 0. The van der Waals surface area contributed by atoms with E-state index in [4.69, 9.17) is 5.73 Å². The molecule has 20 heavy (non-hydrogen) atoms. The summed E-state index contributed by atoms with van der Waals surface area (Å²) >= 11 is 0. The molecule has 1 amide bonds. The van der Waals surface area contributed by atoms with E-state index in [9.17, 15) is 4.79 Å². The second kappa shape index (κ2) is 8.98. The molecule has 0 radical (unpaired) electrons. The van der Waals surface area contributed by atoms with Crippen LogP contribution in [0.5, 0.6) is 0 Å². The molecule has 3 N–H and O–H groups in total. The third-order valence-corrected chi connectivity index (χ3v) is 3.95. The van der Waals surface area contributed by atoms with Gasteiger partial charge in [-0.2, -0.15) is 0 Å². The van der Waals surface area contributed by atoms with Crippen LogP contribution in [0.15, 0.2) is 30.3 Å². The largest absolute Gasteiger partial charge is 0.354 e. The number of hydrogen-bond acceptors (Lipinski definition) is 2. The summed E-state index contributed by atoms with van der Waals surface area (Å²) in [6, 6.07) is 9.91. The van der Waals surface area contributed by atoms with Crippen LogP contribution < -0.4 is 11.1 Å². The molecule has 0 fully saturated rings. The van der Waals surface area contributed by atoms with Crippen molar-refractivity contribution in [3.8, 4) is 0 Å². The molecule has 4 heteroatoms. The Balaban J connectivity index is 0.00000361. The Kier molecular flexibility index (Phi) is 8.51. The minimum Gasteiger partial charge on any atom is -0.354 e. The van der Waals surface area contributed by atoms with Crippen molar-refractivity contribution in [2.75, 3.05) is 6.54 Å². The standard InChI is InChI=1S/C16H26N2O.ClH/c1-4-14(13-10-8-7-9-11-13)15(19)18-12-16(17,5-2)6-3;/h7-11,14H,4-6,12,17H2,1-3H3,(H,18,19);1H. The fourth-order valence-electron chi connectivity index (χ4n) is 2.14. The summed E-state index contributed by atoms with van der Waals surface area (Å²) in [5.74, 6) is -0.00964. The summed E-state index contributed by atoms with van der Waals surface area (Å²) in [5, 5.41) is 3.01. The van der Waals surface area contributed by atoms with E-state index in [1.54, 1.807) is 0 Å². The van der Waals surface area contributed by atoms with Gasteiger partial charge in [0.25, 0.3) is 0 Å². The molecule has 0 aliphatic carbocycles. The molecule has 0 saturated carbocycles. The number of nitrogens with two attached hydrogens (primary N) is 1. The monoisotopic (exact) mass is 298 g/mol. The van der Waals surface area contributed by atoms with Crippen LogP contribution in [0, 0.1) is 0 Å². The minimum atomic E-state index is -0.287. The van der Waals surface area contributed by atoms with Gasteiger partial charge in [-0.1, -0.05) is 51.1 Å². The van der Waals surface area contributed by atoms with Crippen LogP contribution in [0.2, 0.25) is 0 Å². The Morgan fingerprint density at radius 2 is 1.75 bits per heavy atom. The van der Waals surface area contributed by atoms with E-state index in [2.05, 4.69) is 19.2 Å². The number of carbonyl (C=O) groups excluding carboxylic acids is 1. The van der Waals surface area contributed by atoms with Crippen molar-refractivity contribution in [3.63, 3.8) is 0 Å². The van der Waals surface area contributed by atoms with Gasteiger partial charge in [-0.25, -0.2) is 0 Å². The average molecular weight is 299 g/mol. The third-order valence-electron chi connectivity index (χ3n) is 3.95. The first-order valence-corrected chi connectivity index (χ1v) is 7.17. The van der Waals surface area contributed by atoms with Crippen LogP contribution in [-0.2, 0) is 4.79 Å². The Morgan fingerprint density at radius 1 is 1.20 bits per heavy atom. The van der Waals surface area contributed by atoms with Crippen molar-refractivity contribution in [3.05, 3.63) is 35.9 Å². The highest BCUT2D eigenvalue weighted by molar-refractivity contribution is 5.85. The number of hydrogen-bond donors (Lipinski definition) is 2. The number of carbonyl (C=O) groups is 1. The van der Waals surface area contributed by atoms with E-state index < -0.39 is 0 Å². The maximum atomic E-state index is 12.3.